The van der Waals surface area contributed by atoms with E-state index in [1.54, 1.807) is 23.4 Å². The van der Waals surface area contributed by atoms with Crippen molar-refractivity contribution in [3.63, 3.8) is 0 Å². The molecule has 0 fully saturated rings. The molecule has 1 N–H and O–H groups in total. The molecule has 0 aliphatic carbocycles. The summed E-state index contributed by atoms with van der Waals surface area (Å²) in [6, 6.07) is 15.0. The number of hydrogen-bond acceptors (Lipinski definition) is 5. The van der Waals surface area contributed by atoms with Gasteiger partial charge >= 0.3 is 0 Å². The number of carbonyl (C=O) groups excluding carboxylic acids is 1. The van der Waals surface area contributed by atoms with Crippen molar-refractivity contribution < 1.29 is 4.79 Å². The lowest BCUT2D eigenvalue weighted by atomic mass is 10.1. The Kier molecular flexibility index (Phi) is 3.81. The number of carbonyl (C=O) groups is 1. The fraction of sp³-hybridized carbons (Fsp3) is 0.0625. The van der Waals surface area contributed by atoms with E-state index in [0.29, 0.717) is 5.03 Å². The minimum Gasteiger partial charge on any atom is -0.327 e. The molecule has 1 aromatic carbocycles. The van der Waals surface area contributed by atoms with Crippen LogP contribution in [0, 0.1) is 11.3 Å². The Balaban J connectivity index is 2.15. The van der Waals surface area contributed by atoms with E-state index in [1.165, 1.54) is 0 Å². The molecule has 22 heavy (non-hydrogen) atoms. The number of nitrogens with one attached hydrogen (secondary N) is 1. The van der Waals surface area contributed by atoms with Gasteiger partial charge in [0.2, 0.25) is 0 Å². The molecule has 1 atom stereocenters. The van der Waals surface area contributed by atoms with Crippen LogP contribution in [0.25, 0.3) is 0 Å². The summed E-state index contributed by atoms with van der Waals surface area (Å²) in [5.41, 5.74) is 1.63. The Morgan fingerprint density at radius 2 is 2.00 bits per heavy atom. The summed E-state index contributed by atoms with van der Waals surface area (Å²) in [6.45, 7) is 0. The number of aromatic nitrogens is 1. The lowest BCUT2D eigenvalue weighted by Crippen LogP contribution is -2.46. The Labute approximate surface area is 133 Å². The van der Waals surface area contributed by atoms with Gasteiger partial charge in [0.25, 0.3) is 5.91 Å². The van der Waals surface area contributed by atoms with E-state index >= 15 is 0 Å². The first kappa shape index (κ1) is 14.2. The molecule has 0 saturated heterocycles. The van der Waals surface area contributed by atoms with Gasteiger partial charge in [0.05, 0.1) is 5.03 Å². The first-order valence-corrected chi connectivity index (χ1v) is 7.05. The number of hydrogen-bond donors (Lipinski definition) is 2. The summed E-state index contributed by atoms with van der Waals surface area (Å²) in [4.78, 5) is 18.0. The molecule has 1 aliphatic rings. The van der Waals surface area contributed by atoms with Crippen LogP contribution in [0.15, 0.2) is 65.5 Å². The second-order valence-corrected chi connectivity index (χ2v) is 5.10. The van der Waals surface area contributed by atoms with E-state index in [9.17, 15) is 10.1 Å². The second-order valence-electron chi connectivity index (χ2n) is 4.68. The average Bonchev–Trinajstić information content (AvgIpc) is 2.56. The van der Waals surface area contributed by atoms with E-state index < -0.39 is 12.1 Å². The number of para-hydroxylation sites is 1. The predicted molar refractivity (Wildman–Crippen MR) is 85.7 cm³/mol. The van der Waals surface area contributed by atoms with E-state index in [4.69, 9.17) is 0 Å². The zero-order chi connectivity index (χ0) is 15.5. The minimum atomic E-state index is -0.465. The SMILES string of the molecule is N#CC1=C(S)N(c2ccccc2)[C@@H](c2cccnc2)NC1=O. The highest BCUT2D eigenvalue weighted by Crippen LogP contribution is 2.35. The van der Waals surface area contributed by atoms with Gasteiger partial charge < -0.3 is 10.2 Å². The summed E-state index contributed by atoms with van der Waals surface area (Å²) in [5.74, 6) is -0.437. The van der Waals surface area contributed by atoms with Crippen LogP contribution in [0.1, 0.15) is 11.7 Å². The zero-order valence-corrected chi connectivity index (χ0v) is 12.4. The minimum absolute atomic E-state index is 0.00710. The van der Waals surface area contributed by atoms with Crippen molar-refractivity contribution in [1.29, 1.82) is 5.26 Å². The van der Waals surface area contributed by atoms with Crippen molar-refractivity contribution in [3.8, 4) is 6.07 Å². The number of benzene rings is 1. The quantitative estimate of drug-likeness (QED) is 0.836. The molecule has 0 radical (unpaired) electrons. The molecule has 1 aliphatic heterocycles. The summed E-state index contributed by atoms with van der Waals surface area (Å²) in [6.07, 6.45) is 2.88. The molecule has 1 aromatic heterocycles. The van der Waals surface area contributed by atoms with E-state index in [0.717, 1.165) is 11.3 Å². The summed E-state index contributed by atoms with van der Waals surface area (Å²) >= 11 is 4.41. The number of anilines is 1. The molecule has 2 aromatic rings. The molecule has 1 amide bonds. The third-order valence-corrected chi connectivity index (χ3v) is 3.79. The van der Waals surface area contributed by atoms with Gasteiger partial charge in [-0.05, 0) is 18.2 Å². The van der Waals surface area contributed by atoms with Gasteiger partial charge in [0, 0.05) is 23.6 Å². The van der Waals surface area contributed by atoms with Gasteiger partial charge in [0.15, 0.2) is 0 Å². The van der Waals surface area contributed by atoms with Gasteiger partial charge in [-0.1, -0.05) is 24.3 Å². The number of nitrogens with zero attached hydrogens (tertiary/aromatic N) is 3. The predicted octanol–water partition coefficient (Wildman–Crippen LogP) is 2.38. The second kappa shape index (κ2) is 5.92. The van der Waals surface area contributed by atoms with Crippen LogP contribution in [0.3, 0.4) is 0 Å². The van der Waals surface area contributed by atoms with Crippen LogP contribution in [0.5, 0.6) is 0 Å². The van der Waals surface area contributed by atoms with Crippen LogP contribution in [0.2, 0.25) is 0 Å². The highest BCUT2D eigenvalue weighted by atomic mass is 32.1. The molecule has 6 heteroatoms. The first-order chi connectivity index (χ1) is 10.7. The fourth-order valence-electron chi connectivity index (χ4n) is 2.34. The molecule has 108 valence electrons. The molecular formula is C16H12N4OS. The monoisotopic (exact) mass is 308 g/mol. The topological polar surface area (TPSA) is 69.0 Å². The summed E-state index contributed by atoms with van der Waals surface area (Å²) in [7, 11) is 0. The van der Waals surface area contributed by atoms with Crippen molar-refractivity contribution in [2.45, 2.75) is 6.17 Å². The van der Waals surface area contributed by atoms with E-state index in [2.05, 4.69) is 22.9 Å². The highest BCUT2D eigenvalue weighted by Gasteiger charge is 2.33. The number of rotatable bonds is 2. The van der Waals surface area contributed by atoms with Gasteiger partial charge in [-0.3, -0.25) is 9.78 Å². The van der Waals surface area contributed by atoms with Crippen molar-refractivity contribution in [3.05, 3.63) is 71.0 Å². The third-order valence-electron chi connectivity index (χ3n) is 3.35. The maximum Gasteiger partial charge on any atom is 0.266 e. The van der Waals surface area contributed by atoms with Crippen LogP contribution in [0.4, 0.5) is 5.69 Å². The van der Waals surface area contributed by atoms with Crippen molar-refractivity contribution in [2.75, 3.05) is 4.90 Å². The van der Waals surface area contributed by atoms with Crippen LogP contribution in [-0.2, 0) is 4.79 Å². The van der Waals surface area contributed by atoms with Crippen molar-refractivity contribution in [1.82, 2.24) is 10.3 Å². The molecule has 0 saturated carbocycles. The summed E-state index contributed by atoms with van der Waals surface area (Å²) in [5, 5.41) is 12.4. The molecule has 2 heterocycles. The van der Waals surface area contributed by atoms with Gasteiger partial charge in [-0.2, -0.15) is 5.26 Å². The molecular weight excluding hydrogens is 296 g/mol. The lowest BCUT2D eigenvalue weighted by Gasteiger charge is -2.37. The number of amides is 1. The van der Waals surface area contributed by atoms with Crippen molar-refractivity contribution >= 4 is 24.2 Å². The smallest absolute Gasteiger partial charge is 0.266 e. The Bertz CT molecular complexity index is 768. The molecule has 3 rings (SSSR count). The van der Waals surface area contributed by atoms with Crippen LogP contribution < -0.4 is 10.2 Å². The fourth-order valence-corrected chi connectivity index (χ4v) is 2.72. The van der Waals surface area contributed by atoms with Crippen molar-refractivity contribution in [2.24, 2.45) is 0 Å². The van der Waals surface area contributed by atoms with Gasteiger partial charge in [0.1, 0.15) is 17.8 Å². The molecule has 5 nitrogen and oxygen atoms in total. The largest absolute Gasteiger partial charge is 0.327 e. The van der Waals surface area contributed by atoms with Gasteiger partial charge in [-0.15, -0.1) is 12.6 Å². The summed E-state index contributed by atoms with van der Waals surface area (Å²) < 4.78 is 0. The standard InChI is InChI=1S/C16H12N4OS/c17-9-13-15(21)19-14(11-5-4-8-18-10-11)20(16(13)22)12-6-2-1-3-7-12/h1-8,10,14,22H,(H,19,21)/t14-/m0/s1. The van der Waals surface area contributed by atoms with E-state index in [-0.39, 0.29) is 5.57 Å². The normalized spacial score (nSPS) is 17.9. The number of thiol groups is 1. The Morgan fingerprint density at radius 1 is 1.23 bits per heavy atom. The molecule has 0 unspecified atom stereocenters. The highest BCUT2D eigenvalue weighted by molar-refractivity contribution is 7.84. The molecule has 0 bridgehead atoms. The van der Waals surface area contributed by atoms with E-state index in [1.807, 2.05) is 42.5 Å². The molecule has 0 spiro atoms. The van der Waals surface area contributed by atoms with Gasteiger partial charge in [-0.25, -0.2) is 0 Å². The van der Waals surface area contributed by atoms with Crippen LogP contribution in [-0.4, -0.2) is 10.9 Å². The average molecular weight is 308 g/mol. The van der Waals surface area contributed by atoms with Crippen LogP contribution >= 0.6 is 12.6 Å². The number of pyridine rings is 1. The lowest BCUT2D eigenvalue weighted by molar-refractivity contribution is -0.118. The zero-order valence-electron chi connectivity index (χ0n) is 11.5. The number of nitriles is 1. The maximum atomic E-state index is 12.1. The maximum absolute atomic E-state index is 12.1. The first-order valence-electron chi connectivity index (χ1n) is 6.61. The Hall–Kier alpha value is -2.78. The third kappa shape index (κ3) is 2.43. The Morgan fingerprint density at radius 3 is 2.64 bits per heavy atom.